The number of pyridine rings is 1. The highest BCUT2D eigenvalue weighted by Crippen LogP contribution is 2.31. The van der Waals surface area contributed by atoms with Crippen LogP contribution < -0.4 is 21.5 Å². The topological polar surface area (TPSA) is 98.5 Å². The van der Waals surface area contributed by atoms with Crippen molar-refractivity contribution in [1.29, 1.82) is 0 Å². The van der Waals surface area contributed by atoms with Gasteiger partial charge in [-0.25, -0.2) is 9.98 Å². The van der Waals surface area contributed by atoms with Crippen LogP contribution in [0.4, 0.5) is 5.69 Å². The predicted molar refractivity (Wildman–Crippen MR) is 134 cm³/mol. The van der Waals surface area contributed by atoms with Gasteiger partial charge in [0, 0.05) is 22.1 Å². The molecule has 4 rings (SSSR count). The maximum atomic E-state index is 6.00. The molecular weight excluding hydrogens is 422 g/mol. The number of rotatable bonds is 6. The molecule has 1 saturated carbocycles. The third-order valence-electron chi connectivity index (χ3n) is 5.74. The number of hydrogen-bond donors (Lipinski definition) is 3. The molecule has 0 amide bonds. The second-order valence-electron chi connectivity index (χ2n) is 8.02. The molecule has 2 atom stereocenters. The Labute approximate surface area is 193 Å². The largest absolute Gasteiger partial charge is 0.497 e. The fraction of sp³-hybridized carbons (Fsp3) is 0.280. The second kappa shape index (κ2) is 9.92. The lowest BCUT2D eigenvalue weighted by Crippen LogP contribution is -2.38. The molecule has 3 aromatic rings. The van der Waals surface area contributed by atoms with Crippen LogP contribution in [0.3, 0.4) is 0 Å². The molecule has 1 heterocycles. The zero-order valence-electron chi connectivity index (χ0n) is 18.1. The Morgan fingerprint density at radius 2 is 1.88 bits per heavy atom. The molecule has 1 aliphatic carbocycles. The van der Waals surface area contributed by atoms with Crippen LogP contribution in [-0.4, -0.2) is 30.1 Å². The third-order valence-corrected chi connectivity index (χ3v) is 5.99. The molecule has 1 aromatic heterocycles. The van der Waals surface area contributed by atoms with Gasteiger partial charge < -0.3 is 21.5 Å². The molecule has 6 nitrogen and oxygen atoms in total. The number of anilines is 1. The van der Waals surface area contributed by atoms with Crippen LogP contribution in [0, 0.1) is 0 Å². The number of aromatic nitrogens is 1. The van der Waals surface area contributed by atoms with E-state index >= 15 is 0 Å². The molecule has 1 aliphatic rings. The molecule has 0 bridgehead atoms. The molecule has 5 N–H and O–H groups in total. The summed E-state index contributed by atoms with van der Waals surface area (Å²) in [6.07, 6.45) is 8.27. The lowest BCUT2D eigenvalue weighted by molar-refractivity contribution is 0.405. The van der Waals surface area contributed by atoms with Gasteiger partial charge in [0.1, 0.15) is 5.75 Å². The van der Waals surface area contributed by atoms with E-state index in [0.29, 0.717) is 5.02 Å². The van der Waals surface area contributed by atoms with Crippen molar-refractivity contribution in [3.05, 3.63) is 64.8 Å². The Morgan fingerprint density at radius 1 is 1.09 bits per heavy atom. The fourth-order valence-corrected chi connectivity index (χ4v) is 4.26. The van der Waals surface area contributed by atoms with Crippen LogP contribution in [0.1, 0.15) is 36.9 Å². The Bertz CT molecular complexity index is 1140. The number of nitrogens with one attached hydrogen (secondary N) is 1. The summed E-state index contributed by atoms with van der Waals surface area (Å²) >= 11 is 6.00. The van der Waals surface area contributed by atoms with Gasteiger partial charge in [-0.3, -0.25) is 0 Å². The first-order chi connectivity index (χ1) is 15.5. The van der Waals surface area contributed by atoms with Crippen molar-refractivity contribution in [2.45, 2.75) is 37.8 Å². The van der Waals surface area contributed by atoms with Crippen molar-refractivity contribution in [2.24, 2.45) is 16.5 Å². The van der Waals surface area contributed by atoms with E-state index in [0.717, 1.165) is 59.3 Å². The predicted octanol–water partition coefficient (Wildman–Crippen LogP) is 5.06. The number of benzene rings is 2. The number of nitrogens with two attached hydrogens (primary N) is 2. The fourth-order valence-electron chi connectivity index (χ4n) is 4.14. The molecular formula is C25H28ClN5O. The number of hydrogen-bond acceptors (Lipinski definition) is 4. The standard InChI is InChI=1S/C25H28ClN5O/c1-32-19-12-13-21-20(15-19)24(30-22-4-2-3-5-23(22)31-25(27)28)14-18(29-21)11-8-16-6-9-17(26)10-7-16/h6-15,22-23H,2-5H2,1H3,(H,29,30)(H4,27,28,31)/t22-,23+/m0/s1. The van der Waals surface area contributed by atoms with Crippen molar-refractivity contribution in [3.63, 3.8) is 0 Å². The lowest BCUT2D eigenvalue weighted by atomic mass is 9.90. The van der Waals surface area contributed by atoms with Crippen LogP contribution in [0.15, 0.2) is 53.5 Å². The van der Waals surface area contributed by atoms with Gasteiger partial charge >= 0.3 is 0 Å². The SMILES string of the molecule is COc1ccc2nc(C=Cc3ccc(Cl)cc3)cc(N[C@H]3CCCC[C@H]3N=C(N)N)c2c1. The average Bonchev–Trinajstić information content (AvgIpc) is 2.79. The van der Waals surface area contributed by atoms with Crippen molar-refractivity contribution >= 4 is 46.3 Å². The maximum absolute atomic E-state index is 6.00. The molecule has 166 valence electrons. The summed E-state index contributed by atoms with van der Waals surface area (Å²) in [7, 11) is 1.67. The van der Waals surface area contributed by atoms with E-state index < -0.39 is 0 Å². The smallest absolute Gasteiger partial charge is 0.186 e. The van der Waals surface area contributed by atoms with E-state index in [1.54, 1.807) is 7.11 Å². The van der Waals surface area contributed by atoms with Crippen LogP contribution in [0.2, 0.25) is 5.02 Å². The first-order valence-electron chi connectivity index (χ1n) is 10.8. The Hall–Kier alpha value is -3.25. The lowest BCUT2D eigenvalue weighted by Gasteiger charge is -2.31. The maximum Gasteiger partial charge on any atom is 0.186 e. The molecule has 2 aromatic carbocycles. The third kappa shape index (κ3) is 5.32. The van der Waals surface area contributed by atoms with E-state index in [4.69, 9.17) is 32.8 Å². The van der Waals surface area contributed by atoms with Gasteiger partial charge in [-0.05, 0) is 60.9 Å². The summed E-state index contributed by atoms with van der Waals surface area (Å²) in [6.45, 7) is 0. The van der Waals surface area contributed by atoms with Gasteiger partial charge in [0.25, 0.3) is 0 Å². The molecule has 0 saturated heterocycles. The van der Waals surface area contributed by atoms with Crippen LogP contribution >= 0.6 is 11.6 Å². The van der Waals surface area contributed by atoms with E-state index in [-0.39, 0.29) is 18.0 Å². The highest BCUT2D eigenvalue weighted by Gasteiger charge is 2.25. The zero-order chi connectivity index (χ0) is 22.5. The quantitative estimate of drug-likeness (QED) is 0.360. The minimum Gasteiger partial charge on any atom is -0.497 e. The van der Waals surface area contributed by atoms with Gasteiger partial charge in [-0.2, -0.15) is 0 Å². The zero-order valence-corrected chi connectivity index (χ0v) is 18.8. The summed E-state index contributed by atoms with van der Waals surface area (Å²) in [5.74, 6) is 0.924. The minimum absolute atomic E-state index is 0.0515. The van der Waals surface area contributed by atoms with Crippen LogP contribution in [-0.2, 0) is 0 Å². The highest BCUT2D eigenvalue weighted by atomic mass is 35.5. The van der Waals surface area contributed by atoms with E-state index in [1.165, 1.54) is 0 Å². The first-order valence-corrected chi connectivity index (χ1v) is 11.2. The van der Waals surface area contributed by atoms with E-state index in [2.05, 4.69) is 16.4 Å². The number of fused-ring (bicyclic) bond motifs is 1. The first kappa shape index (κ1) is 22.0. The van der Waals surface area contributed by atoms with Crippen molar-refractivity contribution < 1.29 is 4.74 Å². The monoisotopic (exact) mass is 449 g/mol. The average molecular weight is 450 g/mol. The Balaban J connectivity index is 1.71. The molecule has 0 radical (unpaired) electrons. The molecule has 1 fully saturated rings. The molecule has 0 unspecified atom stereocenters. The van der Waals surface area contributed by atoms with Crippen molar-refractivity contribution in [2.75, 3.05) is 12.4 Å². The number of nitrogens with zero attached hydrogens (tertiary/aromatic N) is 2. The van der Waals surface area contributed by atoms with Crippen molar-refractivity contribution in [1.82, 2.24) is 4.98 Å². The van der Waals surface area contributed by atoms with Crippen LogP contribution in [0.5, 0.6) is 5.75 Å². The van der Waals surface area contributed by atoms with Gasteiger partial charge in [0.2, 0.25) is 0 Å². The number of aliphatic imine (C=N–C) groups is 1. The van der Waals surface area contributed by atoms with Gasteiger partial charge in [0.15, 0.2) is 5.96 Å². The molecule has 32 heavy (non-hydrogen) atoms. The normalized spacial score (nSPS) is 18.6. The van der Waals surface area contributed by atoms with E-state index in [9.17, 15) is 0 Å². The number of halogens is 1. The van der Waals surface area contributed by atoms with Gasteiger partial charge in [-0.15, -0.1) is 0 Å². The minimum atomic E-state index is 0.0515. The Kier molecular flexibility index (Phi) is 6.81. The molecule has 0 spiro atoms. The molecule has 0 aliphatic heterocycles. The Morgan fingerprint density at radius 3 is 2.62 bits per heavy atom. The number of methoxy groups -OCH3 is 1. The van der Waals surface area contributed by atoms with Gasteiger partial charge in [0.05, 0.1) is 24.4 Å². The number of ether oxygens (including phenoxy) is 1. The van der Waals surface area contributed by atoms with E-state index in [1.807, 2.05) is 54.6 Å². The van der Waals surface area contributed by atoms with Crippen molar-refractivity contribution in [3.8, 4) is 5.75 Å². The number of guanidine groups is 1. The second-order valence-corrected chi connectivity index (χ2v) is 8.46. The summed E-state index contributed by atoms with van der Waals surface area (Å²) in [4.78, 5) is 9.31. The van der Waals surface area contributed by atoms with Crippen LogP contribution in [0.25, 0.3) is 23.1 Å². The summed E-state index contributed by atoms with van der Waals surface area (Å²) < 4.78 is 5.45. The van der Waals surface area contributed by atoms with Gasteiger partial charge in [-0.1, -0.05) is 42.7 Å². The highest BCUT2D eigenvalue weighted by molar-refractivity contribution is 6.30. The summed E-state index contributed by atoms with van der Waals surface area (Å²) in [5, 5.41) is 5.43. The summed E-state index contributed by atoms with van der Waals surface area (Å²) in [5.41, 5.74) is 15.2. The summed E-state index contributed by atoms with van der Waals surface area (Å²) in [6, 6.07) is 15.9. The molecule has 7 heteroatoms.